The van der Waals surface area contributed by atoms with Crippen LogP contribution < -0.4 is 0 Å². The molecule has 0 saturated heterocycles. The van der Waals surface area contributed by atoms with Gasteiger partial charge in [-0.05, 0) is 69.8 Å². The number of allylic oxidation sites excluding steroid dienone is 2. The lowest BCUT2D eigenvalue weighted by atomic mass is 9.66. The van der Waals surface area contributed by atoms with Gasteiger partial charge in [0.2, 0.25) is 0 Å². The molecule has 0 spiro atoms. The maximum absolute atomic E-state index is 13.8. The topological polar surface area (TPSA) is 40.5 Å². The fraction of sp³-hybridized carbons (Fsp3) is 0.200. The van der Waals surface area contributed by atoms with Gasteiger partial charge in [0, 0.05) is 28.4 Å². The van der Waals surface area contributed by atoms with E-state index in [1.165, 1.54) is 0 Å². The largest absolute Gasteiger partial charge is 0.508 e. The number of rotatable bonds is 4. The van der Waals surface area contributed by atoms with Crippen LogP contribution in [-0.4, -0.2) is 10.2 Å². The third kappa shape index (κ3) is 4.79. The molecule has 0 saturated carbocycles. The van der Waals surface area contributed by atoms with E-state index in [2.05, 4.69) is 0 Å². The maximum atomic E-state index is 13.8. The van der Waals surface area contributed by atoms with Crippen LogP contribution in [0.3, 0.4) is 0 Å². The molecule has 2 atom stereocenters. The molecular formula is C35H26F6O2. The predicted molar refractivity (Wildman–Crippen MR) is 153 cm³/mol. The van der Waals surface area contributed by atoms with Crippen molar-refractivity contribution in [2.75, 3.05) is 0 Å². The van der Waals surface area contributed by atoms with E-state index in [0.717, 1.165) is 47.5 Å². The van der Waals surface area contributed by atoms with Crippen LogP contribution >= 0.6 is 0 Å². The first-order valence-corrected chi connectivity index (χ1v) is 13.6. The van der Waals surface area contributed by atoms with Gasteiger partial charge in [-0.1, -0.05) is 74.5 Å². The molecule has 2 nitrogen and oxygen atoms in total. The first-order chi connectivity index (χ1) is 20.2. The minimum atomic E-state index is -4.64. The summed E-state index contributed by atoms with van der Waals surface area (Å²) in [6.07, 6.45) is -5.51. The Labute approximate surface area is 244 Å². The van der Waals surface area contributed by atoms with Crippen LogP contribution in [0, 0.1) is 5.41 Å². The van der Waals surface area contributed by atoms with Gasteiger partial charge in [0.15, 0.2) is 0 Å². The normalized spacial score (nSPS) is 18.2. The molecule has 0 aromatic heterocycles. The van der Waals surface area contributed by atoms with Gasteiger partial charge in [0.25, 0.3) is 0 Å². The van der Waals surface area contributed by atoms with Crippen molar-refractivity contribution in [3.63, 3.8) is 0 Å². The SMILES string of the molecule is CC(C)(C1=Cc2ccccc2C1c1cc(C(F)(F)F)ccc1O)C1=Cc2ccccc2C1c1cc(C(F)(F)F)ccc1O. The first-order valence-electron chi connectivity index (χ1n) is 13.6. The van der Waals surface area contributed by atoms with Crippen molar-refractivity contribution in [2.24, 2.45) is 5.41 Å². The van der Waals surface area contributed by atoms with Gasteiger partial charge in [-0.2, -0.15) is 26.3 Å². The lowest BCUT2D eigenvalue weighted by molar-refractivity contribution is -0.138. The Bertz CT molecular complexity index is 1680. The van der Waals surface area contributed by atoms with Gasteiger partial charge in [-0.3, -0.25) is 0 Å². The zero-order valence-electron chi connectivity index (χ0n) is 23.1. The quantitative estimate of drug-likeness (QED) is 0.232. The number of benzene rings is 4. The van der Waals surface area contributed by atoms with Crippen molar-refractivity contribution in [1.82, 2.24) is 0 Å². The van der Waals surface area contributed by atoms with Gasteiger partial charge in [-0.15, -0.1) is 0 Å². The van der Waals surface area contributed by atoms with Crippen LogP contribution in [0.2, 0.25) is 0 Å². The lowest BCUT2D eigenvalue weighted by Gasteiger charge is -2.37. The fourth-order valence-electron chi connectivity index (χ4n) is 6.49. The van der Waals surface area contributed by atoms with E-state index in [1.807, 2.05) is 50.3 Å². The minimum absolute atomic E-state index is 0.0775. The molecule has 43 heavy (non-hydrogen) atoms. The Morgan fingerprint density at radius 1 is 0.512 bits per heavy atom. The summed E-state index contributed by atoms with van der Waals surface area (Å²) in [6.45, 7) is 3.75. The third-order valence-corrected chi connectivity index (χ3v) is 8.63. The van der Waals surface area contributed by atoms with E-state index in [-0.39, 0.29) is 22.6 Å². The molecule has 6 rings (SSSR count). The summed E-state index contributed by atoms with van der Waals surface area (Å²) in [5, 5.41) is 21.8. The number of alkyl halides is 6. The number of fused-ring (bicyclic) bond motifs is 2. The second-order valence-electron chi connectivity index (χ2n) is 11.5. The summed E-state index contributed by atoms with van der Waals surface area (Å²) >= 11 is 0. The third-order valence-electron chi connectivity index (χ3n) is 8.63. The molecule has 2 aliphatic carbocycles. The molecule has 8 heteroatoms. The van der Waals surface area contributed by atoms with Gasteiger partial charge in [0.05, 0.1) is 11.1 Å². The molecular weight excluding hydrogens is 566 g/mol. The smallest absolute Gasteiger partial charge is 0.416 e. The monoisotopic (exact) mass is 592 g/mol. The number of hydrogen-bond acceptors (Lipinski definition) is 2. The molecule has 2 unspecified atom stereocenters. The highest BCUT2D eigenvalue weighted by atomic mass is 19.4. The summed E-state index contributed by atoms with van der Waals surface area (Å²) in [6, 6.07) is 20.1. The second kappa shape index (κ2) is 9.79. The second-order valence-corrected chi connectivity index (χ2v) is 11.5. The number of aromatic hydroxyl groups is 2. The zero-order valence-corrected chi connectivity index (χ0v) is 23.1. The highest BCUT2D eigenvalue weighted by molar-refractivity contribution is 5.78. The number of phenols is 2. The maximum Gasteiger partial charge on any atom is 0.416 e. The summed E-state index contributed by atoms with van der Waals surface area (Å²) in [5.74, 6) is -2.14. The van der Waals surface area contributed by atoms with Crippen molar-refractivity contribution in [1.29, 1.82) is 0 Å². The highest BCUT2D eigenvalue weighted by Crippen LogP contribution is 2.59. The van der Waals surface area contributed by atoms with Crippen LogP contribution in [0.15, 0.2) is 96.1 Å². The van der Waals surface area contributed by atoms with Crippen molar-refractivity contribution in [3.05, 3.63) is 141 Å². The summed E-state index contributed by atoms with van der Waals surface area (Å²) in [7, 11) is 0. The molecule has 0 amide bonds. The van der Waals surface area contributed by atoms with E-state index in [0.29, 0.717) is 22.3 Å². The van der Waals surface area contributed by atoms with Crippen LogP contribution in [0.1, 0.15) is 70.2 Å². The average molecular weight is 593 g/mol. The first kappa shape index (κ1) is 28.6. The Balaban J connectivity index is 1.55. The van der Waals surface area contributed by atoms with E-state index in [1.54, 1.807) is 24.3 Å². The van der Waals surface area contributed by atoms with Crippen LogP contribution in [-0.2, 0) is 12.4 Å². The Hall–Kier alpha value is -4.46. The molecule has 0 fully saturated rings. The summed E-state index contributed by atoms with van der Waals surface area (Å²) in [4.78, 5) is 0. The standard InChI is InChI=1S/C35H26F6O2/c1-33(2,27-15-19-7-3-5-9-23(19)31(27)25-17-21(34(36,37)38)11-13-29(25)42)28-16-20-8-4-6-10-24(20)32(28)26-18-22(35(39,40)41)12-14-30(26)43/h3-18,31-32,42-43H,1-2H3. The lowest BCUT2D eigenvalue weighted by Crippen LogP contribution is -2.25. The van der Waals surface area contributed by atoms with Crippen molar-refractivity contribution in [3.8, 4) is 11.5 Å². The molecule has 0 bridgehead atoms. The fourth-order valence-corrected chi connectivity index (χ4v) is 6.49. The van der Waals surface area contributed by atoms with Gasteiger partial charge in [0.1, 0.15) is 11.5 Å². The Morgan fingerprint density at radius 2 is 0.884 bits per heavy atom. The van der Waals surface area contributed by atoms with Crippen LogP contribution in [0.25, 0.3) is 12.2 Å². The van der Waals surface area contributed by atoms with E-state index < -0.39 is 40.7 Å². The summed E-state index contributed by atoms with van der Waals surface area (Å²) in [5.41, 5.74) is 1.66. The Morgan fingerprint density at radius 3 is 1.26 bits per heavy atom. The number of phenolic OH excluding ortho intramolecular Hbond substituents is 2. The van der Waals surface area contributed by atoms with E-state index >= 15 is 0 Å². The Kier molecular flexibility index (Phi) is 6.53. The molecule has 4 aromatic carbocycles. The molecule has 220 valence electrons. The molecule has 0 heterocycles. The van der Waals surface area contributed by atoms with Gasteiger partial charge >= 0.3 is 12.4 Å². The van der Waals surface area contributed by atoms with E-state index in [4.69, 9.17) is 0 Å². The highest BCUT2D eigenvalue weighted by Gasteiger charge is 2.45. The molecule has 4 aromatic rings. The van der Waals surface area contributed by atoms with Crippen molar-refractivity contribution >= 4 is 12.2 Å². The van der Waals surface area contributed by atoms with Gasteiger partial charge < -0.3 is 10.2 Å². The summed E-state index contributed by atoms with van der Waals surface area (Å²) < 4.78 is 82.8. The van der Waals surface area contributed by atoms with Gasteiger partial charge in [-0.25, -0.2) is 0 Å². The molecule has 2 N–H and O–H groups in total. The molecule has 0 radical (unpaired) electrons. The average Bonchev–Trinajstić information content (AvgIpc) is 3.53. The van der Waals surface area contributed by atoms with Crippen LogP contribution in [0.5, 0.6) is 11.5 Å². The molecule has 2 aliphatic rings. The van der Waals surface area contributed by atoms with Crippen molar-refractivity contribution in [2.45, 2.75) is 38.0 Å². The van der Waals surface area contributed by atoms with Crippen LogP contribution in [0.4, 0.5) is 26.3 Å². The van der Waals surface area contributed by atoms with Crippen molar-refractivity contribution < 1.29 is 36.6 Å². The van der Waals surface area contributed by atoms with E-state index in [9.17, 15) is 36.6 Å². The minimum Gasteiger partial charge on any atom is -0.508 e. The number of hydrogen-bond donors (Lipinski definition) is 2. The number of halogens is 6. The zero-order chi connectivity index (χ0) is 30.9. The predicted octanol–water partition coefficient (Wildman–Crippen LogP) is 9.92. The molecule has 0 aliphatic heterocycles.